The number of benzene rings is 1. The summed E-state index contributed by atoms with van der Waals surface area (Å²) in [7, 11) is -0.569. The van der Waals surface area contributed by atoms with E-state index in [9.17, 15) is 13.2 Å². The summed E-state index contributed by atoms with van der Waals surface area (Å²) in [6.07, 6.45) is 0. The molecule has 0 saturated carbocycles. The minimum atomic E-state index is -3.94. The van der Waals surface area contributed by atoms with Gasteiger partial charge in [-0.1, -0.05) is 0 Å². The van der Waals surface area contributed by atoms with Crippen LogP contribution in [0.25, 0.3) is 0 Å². The van der Waals surface area contributed by atoms with Gasteiger partial charge in [0.2, 0.25) is 10.0 Å². The van der Waals surface area contributed by atoms with Gasteiger partial charge in [0.15, 0.2) is 0 Å². The normalized spacial score (nSPS) is 11.2. The van der Waals surface area contributed by atoms with Crippen molar-refractivity contribution in [3.05, 3.63) is 23.8 Å². The van der Waals surface area contributed by atoms with Crippen molar-refractivity contribution < 1.29 is 22.7 Å². The average molecular weight is 316 g/mol. The zero-order valence-electron chi connectivity index (χ0n) is 12.3. The fourth-order valence-electron chi connectivity index (χ4n) is 1.66. The number of rotatable bonds is 7. The number of nitrogens with two attached hydrogens (primary N) is 1. The molecule has 0 fully saturated rings. The average Bonchev–Trinajstić information content (AvgIpc) is 2.41. The Hall–Kier alpha value is -1.64. The summed E-state index contributed by atoms with van der Waals surface area (Å²) < 4.78 is 33.3. The Kier molecular flexibility index (Phi) is 6.13. The van der Waals surface area contributed by atoms with Crippen molar-refractivity contribution in [3.8, 4) is 0 Å². The maximum atomic E-state index is 11.8. The molecule has 0 aromatic heterocycles. The molecule has 0 bridgehead atoms. The summed E-state index contributed by atoms with van der Waals surface area (Å²) in [6.45, 7) is 2.76. The van der Waals surface area contributed by atoms with Crippen molar-refractivity contribution in [3.63, 3.8) is 0 Å². The van der Waals surface area contributed by atoms with Crippen LogP contribution >= 0.6 is 0 Å². The number of sulfonamides is 1. The van der Waals surface area contributed by atoms with Gasteiger partial charge >= 0.3 is 5.97 Å². The molecule has 7 nitrogen and oxygen atoms in total. The maximum Gasteiger partial charge on any atom is 0.338 e. The highest BCUT2D eigenvalue weighted by atomic mass is 32.2. The van der Waals surface area contributed by atoms with Crippen LogP contribution in [0.15, 0.2) is 23.1 Å². The van der Waals surface area contributed by atoms with Crippen molar-refractivity contribution in [2.75, 3.05) is 38.8 Å². The molecule has 0 heterocycles. The molecule has 0 aliphatic carbocycles. The molecular weight excluding hydrogens is 296 g/mol. The Labute approximate surface area is 124 Å². The predicted octanol–water partition coefficient (Wildman–Crippen LogP) is 0.593. The summed E-state index contributed by atoms with van der Waals surface area (Å²) in [4.78, 5) is 13.3. The van der Waals surface area contributed by atoms with Crippen LogP contribution in [0.2, 0.25) is 0 Å². The molecule has 2 N–H and O–H groups in total. The van der Waals surface area contributed by atoms with Gasteiger partial charge in [-0.25, -0.2) is 18.4 Å². The molecule has 0 saturated heterocycles. The lowest BCUT2D eigenvalue weighted by atomic mass is 10.2. The van der Waals surface area contributed by atoms with Crippen molar-refractivity contribution in [1.82, 2.24) is 0 Å². The zero-order chi connectivity index (χ0) is 16.0. The van der Waals surface area contributed by atoms with E-state index in [0.29, 0.717) is 18.9 Å². The second-order valence-electron chi connectivity index (χ2n) is 4.45. The smallest absolute Gasteiger partial charge is 0.338 e. The number of carbonyl (C=O) groups is 1. The van der Waals surface area contributed by atoms with Crippen LogP contribution in [0.5, 0.6) is 0 Å². The number of anilines is 1. The number of nitrogens with zero attached hydrogens (tertiary/aromatic N) is 1. The minimum absolute atomic E-state index is 0.104. The standard InChI is InChI=1S/C13H20N2O5S/c1-4-19-7-8-20-13(16)10-5-6-11(15(2)3)12(9-10)21(14,17)18/h5-6,9H,4,7-8H2,1-3H3,(H2,14,17,18). The van der Waals surface area contributed by atoms with E-state index < -0.39 is 16.0 Å². The monoisotopic (exact) mass is 316 g/mol. The van der Waals surface area contributed by atoms with Gasteiger partial charge in [-0.2, -0.15) is 0 Å². The van der Waals surface area contributed by atoms with E-state index in [1.807, 2.05) is 6.92 Å². The fraction of sp³-hybridized carbons (Fsp3) is 0.462. The number of ether oxygens (including phenoxy) is 2. The lowest BCUT2D eigenvalue weighted by Gasteiger charge is -2.17. The van der Waals surface area contributed by atoms with E-state index in [0.717, 1.165) is 0 Å². The molecule has 0 aliphatic rings. The molecule has 1 rings (SSSR count). The lowest BCUT2D eigenvalue weighted by molar-refractivity contribution is 0.0335. The number of esters is 1. The minimum Gasteiger partial charge on any atom is -0.460 e. The third-order valence-electron chi connectivity index (χ3n) is 2.65. The Morgan fingerprint density at radius 2 is 1.95 bits per heavy atom. The molecule has 0 aliphatic heterocycles. The quantitative estimate of drug-likeness (QED) is 0.584. The van der Waals surface area contributed by atoms with Gasteiger partial charge in [0, 0.05) is 20.7 Å². The molecular formula is C13H20N2O5S. The van der Waals surface area contributed by atoms with Crippen LogP contribution in [-0.2, 0) is 19.5 Å². The first-order valence-corrected chi connectivity index (χ1v) is 7.91. The number of carbonyl (C=O) groups excluding carboxylic acids is 1. The summed E-state index contributed by atoms with van der Waals surface area (Å²) in [5, 5.41) is 5.18. The highest BCUT2D eigenvalue weighted by Crippen LogP contribution is 2.24. The summed E-state index contributed by atoms with van der Waals surface area (Å²) in [6, 6.07) is 4.22. The summed E-state index contributed by atoms with van der Waals surface area (Å²) >= 11 is 0. The molecule has 1 aromatic carbocycles. The third kappa shape index (κ3) is 5.00. The van der Waals surface area contributed by atoms with Gasteiger partial charge in [0.25, 0.3) is 0 Å². The largest absolute Gasteiger partial charge is 0.460 e. The molecule has 0 atom stereocenters. The number of hydrogen-bond donors (Lipinski definition) is 1. The van der Waals surface area contributed by atoms with Crippen LogP contribution in [0.1, 0.15) is 17.3 Å². The van der Waals surface area contributed by atoms with Crippen molar-refractivity contribution in [2.45, 2.75) is 11.8 Å². The third-order valence-corrected chi connectivity index (χ3v) is 3.59. The molecule has 0 unspecified atom stereocenters. The summed E-state index contributed by atoms with van der Waals surface area (Å²) in [5.41, 5.74) is 0.532. The van der Waals surface area contributed by atoms with E-state index in [1.54, 1.807) is 19.0 Å². The van der Waals surface area contributed by atoms with E-state index in [-0.39, 0.29) is 17.1 Å². The van der Waals surface area contributed by atoms with Crippen LogP contribution in [0.3, 0.4) is 0 Å². The van der Waals surface area contributed by atoms with Gasteiger partial charge in [0.05, 0.1) is 17.9 Å². The molecule has 0 amide bonds. The molecule has 21 heavy (non-hydrogen) atoms. The van der Waals surface area contributed by atoms with Gasteiger partial charge in [0.1, 0.15) is 11.5 Å². The van der Waals surface area contributed by atoms with Crippen LogP contribution < -0.4 is 10.0 Å². The second-order valence-corrected chi connectivity index (χ2v) is 5.98. The van der Waals surface area contributed by atoms with Crippen LogP contribution in [0, 0.1) is 0 Å². The zero-order valence-corrected chi connectivity index (χ0v) is 13.1. The first kappa shape index (κ1) is 17.4. The predicted molar refractivity (Wildman–Crippen MR) is 78.9 cm³/mol. The molecule has 8 heteroatoms. The topological polar surface area (TPSA) is 98.9 Å². The van der Waals surface area contributed by atoms with Crippen LogP contribution in [-0.4, -0.2) is 48.3 Å². The number of primary sulfonamides is 1. The maximum absolute atomic E-state index is 11.8. The van der Waals surface area contributed by atoms with Gasteiger partial charge < -0.3 is 14.4 Å². The SMILES string of the molecule is CCOCCOC(=O)c1ccc(N(C)C)c(S(N)(=O)=O)c1. The van der Waals surface area contributed by atoms with E-state index in [2.05, 4.69) is 0 Å². The Morgan fingerprint density at radius 3 is 2.48 bits per heavy atom. The van der Waals surface area contributed by atoms with Crippen LogP contribution in [0.4, 0.5) is 5.69 Å². The molecule has 118 valence electrons. The Balaban J connectivity index is 2.98. The first-order valence-electron chi connectivity index (χ1n) is 6.36. The van der Waals surface area contributed by atoms with Gasteiger partial charge in [-0.15, -0.1) is 0 Å². The Bertz CT molecular complexity index is 599. The second kappa shape index (κ2) is 7.39. The molecule has 0 radical (unpaired) electrons. The Morgan fingerprint density at radius 1 is 1.29 bits per heavy atom. The fourth-order valence-corrected chi connectivity index (χ4v) is 2.49. The van der Waals surface area contributed by atoms with Crippen molar-refractivity contribution >= 4 is 21.7 Å². The van der Waals surface area contributed by atoms with Gasteiger partial charge in [-0.3, -0.25) is 0 Å². The van der Waals surface area contributed by atoms with Gasteiger partial charge in [-0.05, 0) is 25.1 Å². The molecule has 0 spiro atoms. The molecule has 1 aromatic rings. The van der Waals surface area contributed by atoms with E-state index in [1.165, 1.54) is 18.2 Å². The van der Waals surface area contributed by atoms with E-state index in [4.69, 9.17) is 14.6 Å². The highest BCUT2D eigenvalue weighted by Gasteiger charge is 2.19. The van der Waals surface area contributed by atoms with Crippen molar-refractivity contribution in [2.24, 2.45) is 5.14 Å². The lowest BCUT2D eigenvalue weighted by Crippen LogP contribution is -2.20. The first-order chi connectivity index (χ1) is 9.77. The van der Waals surface area contributed by atoms with Crippen molar-refractivity contribution in [1.29, 1.82) is 0 Å². The highest BCUT2D eigenvalue weighted by molar-refractivity contribution is 7.89. The number of hydrogen-bond acceptors (Lipinski definition) is 6. The van der Waals surface area contributed by atoms with E-state index >= 15 is 0 Å². The summed E-state index contributed by atoms with van der Waals surface area (Å²) in [5.74, 6) is -0.620.